The van der Waals surface area contributed by atoms with E-state index in [1.54, 1.807) is 6.08 Å². The molecule has 0 aliphatic heterocycles. The molecule has 0 bridgehead atoms. The largest absolute Gasteiger partial charge is 0.466 e. The molecule has 1 saturated carbocycles. The molecule has 2 nitrogen and oxygen atoms in total. The predicted octanol–water partition coefficient (Wildman–Crippen LogP) is 5.44. The highest BCUT2D eigenvalue weighted by Crippen LogP contribution is 2.38. The Balaban J connectivity index is 2.14. The van der Waals surface area contributed by atoms with Gasteiger partial charge in [-0.2, -0.15) is 0 Å². The summed E-state index contributed by atoms with van der Waals surface area (Å²) in [7, 11) is 1.40. The van der Waals surface area contributed by atoms with Crippen molar-refractivity contribution < 1.29 is 9.53 Å². The molecule has 1 fully saturated rings. The molecular formula is C21H32O2. The Morgan fingerprint density at radius 2 is 1.91 bits per heavy atom. The number of hydrogen-bond acceptors (Lipinski definition) is 2. The zero-order valence-electron chi connectivity index (χ0n) is 14.9. The third kappa shape index (κ3) is 9.29. The van der Waals surface area contributed by atoms with Crippen molar-refractivity contribution in [2.24, 2.45) is 11.8 Å². The van der Waals surface area contributed by atoms with Crippen LogP contribution in [0.15, 0.2) is 24.3 Å². The lowest BCUT2D eigenvalue weighted by molar-refractivity contribution is -0.134. The van der Waals surface area contributed by atoms with Crippen molar-refractivity contribution in [3.05, 3.63) is 24.3 Å². The molecule has 0 aromatic rings. The van der Waals surface area contributed by atoms with E-state index < -0.39 is 0 Å². The van der Waals surface area contributed by atoms with Gasteiger partial charge in [0.25, 0.3) is 0 Å². The maximum absolute atomic E-state index is 10.9. The summed E-state index contributed by atoms with van der Waals surface area (Å²) in [5.41, 5.74) is 0. The molecule has 0 heterocycles. The van der Waals surface area contributed by atoms with E-state index in [2.05, 4.69) is 22.7 Å². The summed E-state index contributed by atoms with van der Waals surface area (Å²) >= 11 is 0. The van der Waals surface area contributed by atoms with E-state index in [0.717, 1.165) is 24.7 Å². The van der Waals surface area contributed by atoms with Crippen LogP contribution >= 0.6 is 0 Å². The molecule has 1 rings (SSSR count). The van der Waals surface area contributed by atoms with Gasteiger partial charge in [0.2, 0.25) is 0 Å². The fourth-order valence-electron chi connectivity index (χ4n) is 3.48. The first-order valence-electron chi connectivity index (χ1n) is 9.08. The SMILES string of the molecule is CC#CCCCCC[C@H]1CCC[C@@H]1CCC=C/C=C/C(=O)OC. The highest BCUT2D eigenvalue weighted by atomic mass is 16.5. The third-order valence-electron chi connectivity index (χ3n) is 4.75. The fraction of sp³-hybridized carbons (Fsp3) is 0.667. The van der Waals surface area contributed by atoms with Gasteiger partial charge in [-0.25, -0.2) is 4.79 Å². The normalized spacial score (nSPS) is 20.8. The standard InChI is InChI=1S/C21H32O2/c1-3-4-5-6-7-10-14-19-16-13-17-20(19)15-11-8-9-12-18-21(22)23-2/h8-9,12,18-20H,5-7,10-11,13-17H2,1-2H3/b9-8?,18-12+/t19-,20-/m0/s1. The Labute approximate surface area is 142 Å². The molecule has 0 unspecified atom stereocenters. The van der Waals surface area contributed by atoms with Gasteiger partial charge in [0.05, 0.1) is 7.11 Å². The van der Waals surface area contributed by atoms with Crippen molar-refractivity contribution in [2.45, 2.75) is 71.1 Å². The van der Waals surface area contributed by atoms with E-state index in [0.29, 0.717) is 0 Å². The molecule has 128 valence electrons. The number of methoxy groups -OCH3 is 1. The maximum atomic E-state index is 10.9. The summed E-state index contributed by atoms with van der Waals surface area (Å²) in [6.45, 7) is 1.92. The maximum Gasteiger partial charge on any atom is 0.330 e. The van der Waals surface area contributed by atoms with E-state index in [1.807, 2.05) is 13.0 Å². The molecule has 23 heavy (non-hydrogen) atoms. The van der Waals surface area contributed by atoms with Crippen LogP contribution in [0.25, 0.3) is 0 Å². The van der Waals surface area contributed by atoms with Gasteiger partial charge in [-0.3, -0.25) is 0 Å². The predicted molar refractivity (Wildman–Crippen MR) is 96.9 cm³/mol. The Kier molecular flexibility index (Phi) is 11.0. The second-order valence-electron chi connectivity index (χ2n) is 6.36. The second-order valence-corrected chi connectivity index (χ2v) is 6.36. The molecule has 2 heteroatoms. The van der Waals surface area contributed by atoms with E-state index in [1.165, 1.54) is 64.6 Å². The van der Waals surface area contributed by atoms with Crippen LogP contribution in [-0.4, -0.2) is 13.1 Å². The van der Waals surface area contributed by atoms with Gasteiger partial charge in [-0.15, -0.1) is 11.8 Å². The summed E-state index contributed by atoms with van der Waals surface area (Å²) in [6, 6.07) is 0. The molecule has 0 radical (unpaired) electrons. The second kappa shape index (κ2) is 13.0. The minimum absolute atomic E-state index is 0.296. The van der Waals surface area contributed by atoms with Gasteiger partial charge in [-0.1, -0.05) is 56.8 Å². The van der Waals surface area contributed by atoms with E-state index >= 15 is 0 Å². The third-order valence-corrected chi connectivity index (χ3v) is 4.75. The molecule has 1 aliphatic rings. The van der Waals surface area contributed by atoms with Crippen LogP contribution in [-0.2, 0) is 9.53 Å². The number of unbranched alkanes of at least 4 members (excludes halogenated alkanes) is 3. The number of carbonyl (C=O) groups excluding carboxylic acids is 1. The topological polar surface area (TPSA) is 26.3 Å². The smallest absolute Gasteiger partial charge is 0.330 e. The van der Waals surface area contributed by atoms with Crippen molar-refractivity contribution in [1.82, 2.24) is 0 Å². The molecule has 0 N–H and O–H groups in total. The monoisotopic (exact) mass is 316 g/mol. The van der Waals surface area contributed by atoms with Crippen molar-refractivity contribution in [2.75, 3.05) is 7.11 Å². The lowest BCUT2D eigenvalue weighted by Crippen LogP contribution is -2.07. The Hall–Kier alpha value is -1.49. The molecular weight excluding hydrogens is 284 g/mol. The summed E-state index contributed by atoms with van der Waals surface area (Å²) in [5.74, 6) is 7.66. The first-order valence-corrected chi connectivity index (χ1v) is 9.08. The Morgan fingerprint density at radius 3 is 2.65 bits per heavy atom. The quantitative estimate of drug-likeness (QED) is 0.176. The minimum Gasteiger partial charge on any atom is -0.466 e. The first-order chi connectivity index (χ1) is 11.3. The van der Waals surface area contributed by atoms with Crippen LogP contribution in [0.2, 0.25) is 0 Å². The highest BCUT2D eigenvalue weighted by Gasteiger charge is 2.25. The molecule has 2 atom stereocenters. The van der Waals surface area contributed by atoms with Crippen LogP contribution in [0.1, 0.15) is 71.1 Å². The minimum atomic E-state index is -0.296. The molecule has 0 spiro atoms. The molecule has 0 amide bonds. The molecule has 0 aromatic heterocycles. The van der Waals surface area contributed by atoms with Crippen LogP contribution in [0.4, 0.5) is 0 Å². The number of carbonyl (C=O) groups is 1. The number of allylic oxidation sites excluding steroid dienone is 3. The number of ether oxygens (including phenoxy) is 1. The fourth-order valence-corrected chi connectivity index (χ4v) is 3.48. The number of rotatable bonds is 10. The van der Waals surface area contributed by atoms with E-state index in [4.69, 9.17) is 0 Å². The lowest BCUT2D eigenvalue weighted by atomic mass is 9.87. The van der Waals surface area contributed by atoms with Gasteiger partial charge < -0.3 is 4.74 Å². The van der Waals surface area contributed by atoms with Crippen LogP contribution < -0.4 is 0 Å². The van der Waals surface area contributed by atoms with E-state index in [9.17, 15) is 4.79 Å². The average molecular weight is 316 g/mol. The lowest BCUT2D eigenvalue weighted by Gasteiger charge is -2.18. The first kappa shape index (κ1) is 19.6. The number of hydrogen-bond donors (Lipinski definition) is 0. The Morgan fingerprint density at radius 1 is 1.13 bits per heavy atom. The van der Waals surface area contributed by atoms with Gasteiger partial charge in [0.1, 0.15) is 0 Å². The van der Waals surface area contributed by atoms with Crippen LogP contribution in [0, 0.1) is 23.7 Å². The molecule has 0 saturated heterocycles. The summed E-state index contributed by atoms with van der Waals surface area (Å²) in [4.78, 5) is 10.9. The summed E-state index contributed by atoms with van der Waals surface area (Å²) < 4.78 is 4.55. The summed E-state index contributed by atoms with van der Waals surface area (Å²) in [6.07, 6.45) is 20.4. The Bertz CT molecular complexity index is 436. The van der Waals surface area contributed by atoms with Crippen LogP contribution in [0.5, 0.6) is 0 Å². The van der Waals surface area contributed by atoms with Gasteiger partial charge in [-0.05, 0) is 38.0 Å². The van der Waals surface area contributed by atoms with Crippen molar-refractivity contribution in [3.63, 3.8) is 0 Å². The van der Waals surface area contributed by atoms with Crippen molar-refractivity contribution in [1.29, 1.82) is 0 Å². The number of esters is 1. The molecule has 0 aromatic carbocycles. The van der Waals surface area contributed by atoms with E-state index in [-0.39, 0.29) is 5.97 Å². The molecule has 1 aliphatic carbocycles. The summed E-state index contributed by atoms with van der Waals surface area (Å²) in [5, 5.41) is 0. The van der Waals surface area contributed by atoms with Crippen LogP contribution in [0.3, 0.4) is 0 Å². The average Bonchev–Trinajstić information content (AvgIpc) is 3.01. The zero-order chi connectivity index (χ0) is 16.8. The van der Waals surface area contributed by atoms with Gasteiger partial charge in [0.15, 0.2) is 0 Å². The van der Waals surface area contributed by atoms with Crippen molar-refractivity contribution in [3.8, 4) is 11.8 Å². The van der Waals surface area contributed by atoms with Gasteiger partial charge in [0, 0.05) is 12.5 Å². The highest BCUT2D eigenvalue weighted by molar-refractivity contribution is 5.82. The zero-order valence-corrected chi connectivity index (χ0v) is 14.9. The van der Waals surface area contributed by atoms with Crippen molar-refractivity contribution >= 4 is 5.97 Å². The van der Waals surface area contributed by atoms with Gasteiger partial charge >= 0.3 is 5.97 Å².